The van der Waals surface area contributed by atoms with Gasteiger partial charge in [-0.1, -0.05) is 11.6 Å². The maximum absolute atomic E-state index is 12.3. The van der Waals surface area contributed by atoms with Crippen molar-refractivity contribution in [3.05, 3.63) is 57.0 Å². The quantitative estimate of drug-likeness (QED) is 0.885. The molecule has 2 aromatic carbocycles. The number of hydrogen-bond donors (Lipinski definition) is 1. The number of carbonyl (C=O) groups excluding carboxylic acids is 1. The van der Waals surface area contributed by atoms with Crippen LogP contribution in [0.2, 0.25) is 5.02 Å². The van der Waals surface area contributed by atoms with Gasteiger partial charge in [-0.3, -0.25) is 4.79 Å². The van der Waals surface area contributed by atoms with Crippen LogP contribution in [0.3, 0.4) is 0 Å². The van der Waals surface area contributed by atoms with E-state index in [1.54, 1.807) is 30.3 Å². The number of anilines is 1. The number of hydrogen-bond acceptors (Lipinski definition) is 3. The molecule has 1 N–H and O–H groups in total. The SMILES string of the molecule is COc1ccc(Br)c(C(=O)Nc2cc(Cl)ccc2C#N)c1. The molecule has 4 nitrogen and oxygen atoms in total. The van der Waals surface area contributed by atoms with Crippen LogP contribution >= 0.6 is 27.5 Å². The van der Waals surface area contributed by atoms with Crippen molar-refractivity contribution in [3.63, 3.8) is 0 Å². The minimum atomic E-state index is -0.362. The maximum atomic E-state index is 12.3. The monoisotopic (exact) mass is 364 g/mol. The van der Waals surface area contributed by atoms with Gasteiger partial charge in [-0.2, -0.15) is 5.26 Å². The lowest BCUT2D eigenvalue weighted by molar-refractivity contribution is 0.102. The number of nitrogens with one attached hydrogen (secondary N) is 1. The van der Waals surface area contributed by atoms with Crippen molar-refractivity contribution in [1.29, 1.82) is 5.26 Å². The van der Waals surface area contributed by atoms with Crippen molar-refractivity contribution >= 4 is 39.1 Å². The van der Waals surface area contributed by atoms with Gasteiger partial charge in [0.05, 0.1) is 23.9 Å². The molecule has 0 spiro atoms. The van der Waals surface area contributed by atoms with Crippen LogP contribution in [0, 0.1) is 11.3 Å². The number of ether oxygens (including phenoxy) is 1. The Morgan fingerprint density at radius 3 is 2.76 bits per heavy atom. The molecule has 2 aromatic rings. The smallest absolute Gasteiger partial charge is 0.256 e. The molecule has 21 heavy (non-hydrogen) atoms. The standard InChI is InChI=1S/C15H10BrClN2O2/c1-21-11-4-5-13(16)12(7-11)15(20)19-14-6-10(17)3-2-9(14)8-18/h2-7H,1H3,(H,19,20). The molecule has 0 radical (unpaired) electrons. The van der Waals surface area contributed by atoms with Crippen LogP contribution in [0.4, 0.5) is 5.69 Å². The van der Waals surface area contributed by atoms with Crippen LogP contribution in [0.1, 0.15) is 15.9 Å². The summed E-state index contributed by atoms with van der Waals surface area (Å²) in [6.45, 7) is 0. The average molecular weight is 366 g/mol. The fourth-order valence-electron chi connectivity index (χ4n) is 1.71. The first-order valence-corrected chi connectivity index (χ1v) is 7.07. The molecule has 2 rings (SSSR count). The molecule has 0 atom stereocenters. The summed E-state index contributed by atoms with van der Waals surface area (Å²) in [6.07, 6.45) is 0. The molecule has 0 aliphatic carbocycles. The van der Waals surface area contributed by atoms with Gasteiger partial charge in [0.1, 0.15) is 11.8 Å². The van der Waals surface area contributed by atoms with E-state index in [0.717, 1.165) is 0 Å². The van der Waals surface area contributed by atoms with Crippen molar-refractivity contribution in [2.24, 2.45) is 0 Å². The minimum absolute atomic E-state index is 0.340. The Balaban J connectivity index is 2.35. The first kappa shape index (κ1) is 15.4. The van der Waals surface area contributed by atoms with Crippen LogP contribution < -0.4 is 10.1 Å². The molecule has 0 heterocycles. The summed E-state index contributed by atoms with van der Waals surface area (Å²) in [7, 11) is 1.52. The average Bonchev–Trinajstić information content (AvgIpc) is 2.48. The molecule has 0 saturated carbocycles. The second kappa shape index (κ2) is 6.61. The number of nitriles is 1. The molecule has 106 valence electrons. The summed E-state index contributed by atoms with van der Waals surface area (Å²) in [4.78, 5) is 12.3. The minimum Gasteiger partial charge on any atom is -0.497 e. The van der Waals surface area contributed by atoms with Gasteiger partial charge in [0.15, 0.2) is 0 Å². The molecule has 0 unspecified atom stereocenters. The Hall–Kier alpha value is -2.03. The highest BCUT2D eigenvalue weighted by atomic mass is 79.9. The predicted molar refractivity (Wildman–Crippen MR) is 84.8 cm³/mol. The van der Waals surface area contributed by atoms with Crippen LogP contribution in [-0.4, -0.2) is 13.0 Å². The number of methoxy groups -OCH3 is 1. The number of halogens is 2. The fourth-order valence-corrected chi connectivity index (χ4v) is 2.31. The van der Waals surface area contributed by atoms with Gasteiger partial charge >= 0.3 is 0 Å². The molecule has 6 heteroatoms. The zero-order chi connectivity index (χ0) is 15.4. The lowest BCUT2D eigenvalue weighted by Crippen LogP contribution is -2.13. The molecular weight excluding hydrogens is 356 g/mol. The number of carbonyl (C=O) groups is 1. The van der Waals surface area contributed by atoms with Crippen LogP contribution in [0.25, 0.3) is 0 Å². The molecule has 0 aliphatic heterocycles. The number of nitrogens with zero attached hydrogens (tertiary/aromatic N) is 1. The second-order valence-electron chi connectivity index (χ2n) is 4.10. The fraction of sp³-hybridized carbons (Fsp3) is 0.0667. The van der Waals surface area contributed by atoms with Gasteiger partial charge in [0.25, 0.3) is 5.91 Å². The van der Waals surface area contributed by atoms with E-state index in [-0.39, 0.29) is 5.91 Å². The zero-order valence-electron chi connectivity index (χ0n) is 11.0. The van der Waals surface area contributed by atoms with Gasteiger partial charge in [0.2, 0.25) is 0 Å². The Bertz CT molecular complexity index is 741. The van der Waals surface area contributed by atoms with Gasteiger partial charge < -0.3 is 10.1 Å². The van der Waals surface area contributed by atoms with Crippen molar-refractivity contribution in [1.82, 2.24) is 0 Å². The van der Waals surface area contributed by atoms with E-state index in [4.69, 9.17) is 21.6 Å². The van der Waals surface area contributed by atoms with Crippen molar-refractivity contribution in [3.8, 4) is 11.8 Å². The van der Waals surface area contributed by atoms with E-state index in [1.165, 1.54) is 13.2 Å². The normalized spacial score (nSPS) is 9.81. The third-order valence-electron chi connectivity index (χ3n) is 2.77. The summed E-state index contributed by atoms with van der Waals surface area (Å²) >= 11 is 9.21. The number of rotatable bonds is 3. The molecule has 0 aliphatic rings. The van der Waals surface area contributed by atoms with Gasteiger partial charge in [-0.15, -0.1) is 0 Å². The first-order valence-electron chi connectivity index (χ1n) is 5.89. The Kier molecular flexibility index (Phi) is 4.84. The lowest BCUT2D eigenvalue weighted by atomic mass is 10.1. The van der Waals surface area contributed by atoms with Crippen LogP contribution in [0.15, 0.2) is 40.9 Å². The predicted octanol–water partition coefficient (Wildman–Crippen LogP) is 4.24. The van der Waals surface area contributed by atoms with E-state index >= 15 is 0 Å². The summed E-state index contributed by atoms with van der Waals surface area (Å²) in [5.74, 6) is 0.203. The number of benzene rings is 2. The maximum Gasteiger partial charge on any atom is 0.256 e. The lowest BCUT2D eigenvalue weighted by Gasteiger charge is -2.10. The molecule has 1 amide bonds. The van der Waals surface area contributed by atoms with Gasteiger partial charge in [-0.05, 0) is 52.3 Å². The van der Waals surface area contributed by atoms with Gasteiger partial charge in [-0.25, -0.2) is 0 Å². The molecule has 0 saturated heterocycles. The molecule has 0 bridgehead atoms. The van der Waals surface area contributed by atoms with Gasteiger partial charge in [0, 0.05) is 9.50 Å². The summed E-state index contributed by atoms with van der Waals surface area (Å²) in [6, 6.07) is 11.8. The first-order chi connectivity index (χ1) is 10.0. The Labute approximate surface area is 135 Å². The highest BCUT2D eigenvalue weighted by Gasteiger charge is 2.14. The summed E-state index contributed by atoms with van der Waals surface area (Å²) in [5, 5.41) is 12.2. The van der Waals surface area contributed by atoms with Crippen LogP contribution in [0.5, 0.6) is 5.75 Å². The highest BCUT2D eigenvalue weighted by molar-refractivity contribution is 9.10. The van der Waals surface area contributed by atoms with E-state index in [9.17, 15) is 4.79 Å². The zero-order valence-corrected chi connectivity index (χ0v) is 13.3. The summed E-state index contributed by atoms with van der Waals surface area (Å²) in [5.41, 5.74) is 1.11. The van der Waals surface area contributed by atoms with Crippen molar-refractivity contribution < 1.29 is 9.53 Å². The molecule has 0 aromatic heterocycles. The van der Waals surface area contributed by atoms with Crippen molar-refractivity contribution in [2.75, 3.05) is 12.4 Å². The highest BCUT2D eigenvalue weighted by Crippen LogP contribution is 2.25. The van der Waals surface area contributed by atoms with E-state index in [2.05, 4.69) is 21.2 Å². The molecular formula is C15H10BrClN2O2. The van der Waals surface area contributed by atoms with E-state index < -0.39 is 0 Å². The Morgan fingerprint density at radius 2 is 2.10 bits per heavy atom. The second-order valence-corrected chi connectivity index (χ2v) is 5.39. The van der Waals surface area contributed by atoms with E-state index in [0.29, 0.717) is 32.1 Å². The van der Waals surface area contributed by atoms with Crippen molar-refractivity contribution in [2.45, 2.75) is 0 Å². The van der Waals surface area contributed by atoms with E-state index in [1.807, 2.05) is 6.07 Å². The largest absolute Gasteiger partial charge is 0.497 e. The Morgan fingerprint density at radius 1 is 1.33 bits per heavy atom. The number of amides is 1. The van der Waals surface area contributed by atoms with Crippen LogP contribution in [-0.2, 0) is 0 Å². The third-order valence-corrected chi connectivity index (χ3v) is 3.70. The molecule has 0 fully saturated rings. The topological polar surface area (TPSA) is 62.1 Å². The third kappa shape index (κ3) is 3.54. The summed E-state index contributed by atoms with van der Waals surface area (Å²) < 4.78 is 5.73.